The molecule has 3 heterocycles. The SMILES string of the molecule is CCC1=C(C)C2=C(c3ccccc3)c3ccc(S(=O)c4ccc(C)cc4)n3[B-](F)(F)[N+]2=C1C. The zero-order valence-corrected chi connectivity index (χ0v) is 19.9. The summed E-state index contributed by atoms with van der Waals surface area (Å²) in [7, 11) is -1.74. The Morgan fingerprint density at radius 2 is 1.61 bits per heavy atom. The van der Waals surface area contributed by atoms with E-state index in [2.05, 4.69) is 0 Å². The summed E-state index contributed by atoms with van der Waals surface area (Å²) >= 11 is 0. The Morgan fingerprint density at radius 3 is 2.24 bits per heavy atom. The maximum absolute atomic E-state index is 16.3. The van der Waals surface area contributed by atoms with E-state index in [9.17, 15) is 4.21 Å². The number of allylic oxidation sites excluding steroid dienone is 2. The molecule has 7 heteroatoms. The molecule has 1 aromatic heterocycles. The predicted octanol–water partition coefficient (Wildman–Crippen LogP) is 6.17. The van der Waals surface area contributed by atoms with Gasteiger partial charge in [0.05, 0.1) is 21.4 Å². The molecule has 0 saturated heterocycles. The summed E-state index contributed by atoms with van der Waals surface area (Å²) in [5.74, 6) is 0. The van der Waals surface area contributed by atoms with Crippen LogP contribution in [0, 0.1) is 6.92 Å². The summed E-state index contributed by atoms with van der Waals surface area (Å²) in [6.07, 6.45) is 0.670. The summed E-state index contributed by atoms with van der Waals surface area (Å²) in [6, 6.07) is 20.1. The molecule has 2 aliphatic rings. The van der Waals surface area contributed by atoms with Gasteiger partial charge in [-0.15, -0.1) is 0 Å². The second kappa shape index (κ2) is 7.77. The number of benzene rings is 2. The summed E-state index contributed by atoms with van der Waals surface area (Å²) in [5, 5.41) is 0.113. The van der Waals surface area contributed by atoms with Crippen LogP contribution in [0.25, 0.3) is 5.57 Å². The molecule has 2 aromatic carbocycles. The minimum atomic E-state index is -4.23. The number of nitrogens with zero attached hydrogens (tertiary/aromatic N) is 2. The van der Waals surface area contributed by atoms with Gasteiger partial charge in [0.25, 0.3) is 0 Å². The minimum absolute atomic E-state index is 0.113. The zero-order chi connectivity index (χ0) is 23.5. The van der Waals surface area contributed by atoms with Gasteiger partial charge in [-0.05, 0) is 50.1 Å². The van der Waals surface area contributed by atoms with E-state index in [4.69, 9.17) is 0 Å². The first kappa shape index (κ1) is 21.8. The van der Waals surface area contributed by atoms with Crippen LogP contribution in [0.15, 0.2) is 93.5 Å². The zero-order valence-electron chi connectivity index (χ0n) is 19.1. The van der Waals surface area contributed by atoms with Gasteiger partial charge in [-0.1, -0.05) is 55.0 Å². The van der Waals surface area contributed by atoms with E-state index < -0.39 is 17.8 Å². The number of aromatic nitrogens is 1. The highest BCUT2D eigenvalue weighted by atomic mass is 32.2. The van der Waals surface area contributed by atoms with Crippen molar-refractivity contribution in [2.24, 2.45) is 0 Å². The third-order valence-corrected chi connectivity index (χ3v) is 8.10. The van der Waals surface area contributed by atoms with Crippen molar-refractivity contribution >= 4 is 29.1 Å². The molecule has 3 aromatic rings. The van der Waals surface area contributed by atoms with Gasteiger partial charge in [0, 0.05) is 28.7 Å². The summed E-state index contributed by atoms with van der Waals surface area (Å²) in [4.78, 5) is 0.509. The second-order valence-corrected chi connectivity index (χ2v) is 10.0. The molecule has 0 aliphatic carbocycles. The normalized spacial score (nSPS) is 18.0. The monoisotopic (exact) mass is 462 g/mol. The fraction of sp³-hybridized carbons (Fsp3) is 0.192. The van der Waals surface area contributed by atoms with Crippen LogP contribution < -0.4 is 0 Å². The molecule has 0 saturated carbocycles. The third-order valence-electron chi connectivity index (χ3n) is 6.68. The molecule has 3 nitrogen and oxygen atoms in total. The lowest BCUT2D eigenvalue weighted by atomic mass is 9.85. The summed E-state index contributed by atoms with van der Waals surface area (Å²) < 4.78 is 48.4. The number of rotatable bonds is 4. The highest BCUT2D eigenvalue weighted by molar-refractivity contribution is 7.85. The van der Waals surface area contributed by atoms with Gasteiger partial charge in [0.2, 0.25) is 0 Å². The average Bonchev–Trinajstić information content (AvgIpc) is 3.35. The quantitative estimate of drug-likeness (QED) is 0.426. The molecule has 168 valence electrons. The summed E-state index contributed by atoms with van der Waals surface area (Å²) in [5.41, 5.74) is 5.97. The fourth-order valence-corrected chi connectivity index (χ4v) is 6.36. The van der Waals surface area contributed by atoms with Crippen LogP contribution >= 0.6 is 0 Å². The Bertz CT molecular complexity index is 1400. The molecule has 5 rings (SSSR count). The fourth-order valence-electron chi connectivity index (χ4n) is 5.14. The van der Waals surface area contributed by atoms with Gasteiger partial charge in [-0.3, -0.25) is 0 Å². The first-order valence-electron chi connectivity index (χ1n) is 11.1. The van der Waals surface area contributed by atoms with Crippen LogP contribution in [0.3, 0.4) is 0 Å². The number of halogens is 2. The molecule has 33 heavy (non-hydrogen) atoms. The maximum Gasteiger partial charge on any atom is 0.738 e. The molecule has 1 atom stereocenters. The Kier molecular flexibility index (Phi) is 5.12. The number of hydrogen-bond acceptors (Lipinski definition) is 1. The van der Waals surface area contributed by atoms with Gasteiger partial charge in [-0.25, -0.2) is 4.21 Å². The molecule has 0 spiro atoms. The topological polar surface area (TPSA) is 25.0 Å². The lowest BCUT2D eigenvalue weighted by Crippen LogP contribution is -2.51. The molecule has 0 fully saturated rings. The molecule has 0 N–H and O–H groups in total. The number of hydrogen-bond donors (Lipinski definition) is 0. The molecule has 0 bridgehead atoms. The Labute approximate surface area is 195 Å². The van der Waals surface area contributed by atoms with Gasteiger partial charge in [-0.2, -0.15) is 0 Å². The van der Waals surface area contributed by atoms with Crippen molar-refractivity contribution in [2.45, 2.75) is 44.0 Å². The molecular weight excluding hydrogens is 437 g/mol. The lowest BCUT2D eigenvalue weighted by molar-refractivity contribution is -0.364. The van der Waals surface area contributed by atoms with E-state index in [0.29, 0.717) is 28.4 Å². The Hall–Kier alpha value is -3.06. The van der Waals surface area contributed by atoms with Crippen LogP contribution in [-0.2, 0) is 10.8 Å². The Morgan fingerprint density at radius 1 is 0.939 bits per heavy atom. The highest BCUT2D eigenvalue weighted by Crippen LogP contribution is 2.45. The van der Waals surface area contributed by atoms with Crippen LogP contribution in [-0.4, -0.2) is 25.9 Å². The van der Waals surface area contributed by atoms with Crippen LogP contribution in [0.5, 0.6) is 0 Å². The van der Waals surface area contributed by atoms with E-state index in [-0.39, 0.29) is 5.03 Å². The number of fused-ring (bicyclic) bond motifs is 2. The van der Waals surface area contributed by atoms with Crippen molar-refractivity contribution in [1.29, 1.82) is 0 Å². The van der Waals surface area contributed by atoms with Crippen molar-refractivity contribution in [3.8, 4) is 0 Å². The van der Waals surface area contributed by atoms with Crippen molar-refractivity contribution in [3.63, 3.8) is 0 Å². The smallest absolute Gasteiger partial charge is 0.389 e. The minimum Gasteiger partial charge on any atom is -0.389 e. The molecule has 0 radical (unpaired) electrons. The lowest BCUT2D eigenvalue weighted by Gasteiger charge is -2.33. The van der Waals surface area contributed by atoms with Crippen molar-refractivity contribution in [2.75, 3.05) is 0 Å². The first-order chi connectivity index (χ1) is 15.8. The average molecular weight is 462 g/mol. The first-order valence-corrected chi connectivity index (χ1v) is 12.3. The third kappa shape index (κ3) is 3.13. The van der Waals surface area contributed by atoms with E-state index in [1.54, 1.807) is 31.2 Å². The molecular formula is C26H25BF2N2OS. The van der Waals surface area contributed by atoms with E-state index >= 15 is 8.63 Å². The van der Waals surface area contributed by atoms with Crippen LogP contribution in [0.2, 0.25) is 0 Å². The standard InChI is InChI=1S/C26H25BF2N2OS/c1-5-22-18(3)26-25(20-9-7-6-8-10-20)23-15-16-24(31(23)27(28,29)30(26)19(22)4)33(32)21-13-11-17(2)12-14-21/h6-16H,5H2,1-4H3. The van der Waals surface area contributed by atoms with E-state index in [1.807, 2.05) is 63.2 Å². The van der Waals surface area contributed by atoms with Crippen molar-refractivity contribution < 1.29 is 17.3 Å². The highest BCUT2D eigenvalue weighted by Gasteiger charge is 2.56. The maximum atomic E-state index is 16.3. The Balaban J connectivity index is 1.82. The van der Waals surface area contributed by atoms with Gasteiger partial charge in [0.1, 0.15) is 5.71 Å². The molecule has 0 amide bonds. The van der Waals surface area contributed by atoms with Crippen LogP contribution in [0.4, 0.5) is 8.63 Å². The van der Waals surface area contributed by atoms with Gasteiger partial charge < -0.3 is 17.6 Å². The van der Waals surface area contributed by atoms with Gasteiger partial charge >= 0.3 is 6.97 Å². The molecule has 1 unspecified atom stereocenters. The van der Waals surface area contributed by atoms with Crippen molar-refractivity contribution in [1.82, 2.24) is 4.48 Å². The molecule has 2 aliphatic heterocycles. The number of aryl methyl sites for hydroxylation is 1. The summed E-state index contributed by atoms with van der Waals surface area (Å²) in [6.45, 7) is 3.39. The van der Waals surface area contributed by atoms with Gasteiger partial charge in [0.15, 0.2) is 5.70 Å². The largest absolute Gasteiger partial charge is 0.738 e. The van der Waals surface area contributed by atoms with Crippen molar-refractivity contribution in [3.05, 3.63) is 100 Å². The van der Waals surface area contributed by atoms with E-state index in [0.717, 1.165) is 32.3 Å². The van der Waals surface area contributed by atoms with E-state index in [1.165, 1.54) is 4.49 Å². The van der Waals surface area contributed by atoms with Crippen LogP contribution in [0.1, 0.15) is 44.0 Å². The second-order valence-electron chi connectivity index (χ2n) is 8.60. The predicted molar refractivity (Wildman–Crippen MR) is 130 cm³/mol.